The minimum atomic E-state index is -0.167. The maximum Gasteiger partial charge on any atom is 0.289 e. The molecular weight excluding hydrogens is 476 g/mol. The number of hydrogen-bond acceptors (Lipinski definition) is 6. The molecule has 0 unspecified atom stereocenters. The van der Waals surface area contributed by atoms with Crippen molar-refractivity contribution in [2.75, 3.05) is 31.9 Å². The summed E-state index contributed by atoms with van der Waals surface area (Å²) in [6.45, 7) is 5.75. The van der Waals surface area contributed by atoms with Crippen LogP contribution in [0.5, 0.6) is 0 Å². The number of thioether (sulfide) groups is 1. The van der Waals surface area contributed by atoms with E-state index in [2.05, 4.69) is 6.07 Å². The number of fused-ring (bicyclic) bond motifs is 1. The molecule has 2 amide bonds. The lowest BCUT2D eigenvalue weighted by Crippen LogP contribution is -2.51. The lowest BCUT2D eigenvalue weighted by Gasteiger charge is -2.34. The Morgan fingerprint density at radius 2 is 1.64 bits per heavy atom. The Balaban J connectivity index is 1.35. The number of para-hydroxylation sites is 1. The van der Waals surface area contributed by atoms with Crippen LogP contribution in [0.4, 0.5) is 0 Å². The van der Waals surface area contributed by atoms with Crippen LogP contribution in [0.3, 0.4) is 0 Å². The van der Waals surface area contributed by atoms with Gasteiger partial charge in [0.05, 0.1) is 28.6 Å². The van der Waals surface area contributed by atoms with E-state index in [1.807, 2.05) is 44.2 Å². The summed E-state index contributed by atoms with van der Waals surface area (Å²) >= 11 is 1.25. The number of rotatable bonds is 5. The third-order valence-electron chi connectivity index (χ3n) is 6.19. The topological polar surface area (TPSA) is 88.7 Å². The van der Waals surface area contributed by atoms with Crippen LogP contribution >= 0.6 is 11.8 Å². The lowest BCUT2D eigenvalue weighted by molar-refractivity contribution is -0.129. The van der Waals surface area contributed by atoms with Crippen LogP contribution in [0.25, 0.3) is 16.6 Å². The molecule has 1 saturated heterocycles. The maximum absolute atomic E-state index is 13.5. The van der Waals surface area contributed by atoms with Crippen LogP contribution in [0.15, 0.2) is 75.2 Å². The van der Waals surface area contributed by atoms with Crippen LogP contribution in [0, 0.1) is 13.8 Å². The first-order valence-corrected chi connectivity index (χ1v) is 12.7. The molecule has 3 heterocycles. The SMILES string of the molecule is Cc1cc(C)cc(-n2c(SCC(=O)N3CCN(C(=O)c4ccco4)CC3)nc3ccccc3c2=O)c1. The van der Waals surface area contributed by atoms with Crippen LogP contribution in [0.1, 0.15) is 21.7 Å². The number of hydrogen-bond donors (Lipinski definition) is 0. The fourth-order valence-corrected chi connectivity index (χ4v) is 5.36. The van der Waals surface area contributed by atoms with E-state index < -0.39 is 0 Å². The number of aromatic nitrogens is 2. The molecule has 1 aliphatic rings. The van der Waals surface area contributed by atoms with E-state index >= 15 is 0 Å². The van der Waals surface area contributed by atoms with E-state index in [0.29, 0.717) is 48.0 Å². The number of amides is 2. The molecular formula is C27H26N4O4S. The zero-order chi connectivity index (χ0) is 25.2. The number of furan rings is 1. The number of piperazine rings is 1. The summed E-state index contributed by atoms with van der Waals surface area (Å²) in [6.07, 6.45) is 1.47. The largest absolute Gasteiger partial charge is 0.459 e. The Bertz CT molecular complexity index is 1470. The second-order valence-electron chi connectivity index (χ2n) is 8.84. The van der Waals surface area contributed by atoms with Gasteiger partial charge < -0.3 is 14.2 Å². The average molecular weight is 503 g/mol. The normalized spacial score (nSPS) is 13.8. The van der Waals surface area contributed by atoms with Gasteiger partial charge in [0.25, 0.3) is 11.5 Å². The van der Waals surface area contributed by atoms with E-state index in [9.17, 15) is 14.4 Å². The minimum absolute atomic E-state index is 0.0560. The lowest BCUT2D eigenvalue weighted by atomic mass is 10.1. The van der Waals surface area contributed by atoms with Crippen molar-refractivity contribution in [2.24, 2.45) is 0 Å². The van der Waals surface area contributed by atoms with Crippen LogP contribution in [-0.2, 0) is 4.79 Å². The Kier molecular flexibility index (Phi) is 6.65. The van der Waals surface area contributed by atoms with Gasteiger partial charge in [-0.2, -0.15) is 0 Å². The van der Waals surface area contributed by atoms with E-state index in [-0.39, 0.29) is 23.1 Å². The minimum Gasteiger partial charge on any atom is -0.459 e. The number of benzene rings is 2. The maximum atomic E-state index is 13.5. The second kappa shape index (κ2) is 10.0. The van der Waals surface area contributed by atoms with Crippen molar-refractivity contribution in [3.63, 3.8) is 0 Å². The number of carbonyl (C=O) groups excluding carboxylic acids is 2. The predicted octanol–water partition coefficient (Wildman–Crippen LogP) is 3.67. The summed E-state index contributed by atoms with van der Waals surface area (Å²) in [6, 6.07) is 16.5. The van der Waals surface area contributed by atoms with Gasteiger partial charge >= 0.3 is 0 Å². The zero-order valence-corrected chi connectivity index (χ0v) is 21.0. The summed E-state index contributed by atoms with van der Waals surface area (Å²) < 4.78 is 6.80. The van der Waals surface area contributed by atoms with E-state index in [1.165, 1.54) is 18.0 Å². The summed E-state index contributed by atoms with van der Waals surface area (Å²) in [7, 11) is 0. The molecule has 2 aromatic heterocycles. The number of aryl methyl sites for hydroxylation is 2. The quantitative estimate of drug-likeness (QED) is 0.306. The molecule has 0 saturated carbocycles. The van der Waals surface area contributed by atoms with E-state index in [1.54, 1.807) is 32.6 Å². The molecule has 184 valence electrons. The van der Waals surface area contributed by atoms with Crippen LogP contribution in [0.2, 0.25) is 0 Å². The first-order valence-electron chi connectivity index (χ1n) is 11.7. The van der Waals surface area contributed by atoms with Gasteiger partial charge in [-0.05, 0) is 61.4 Å². The second-order valence-corrected chi connectivity index (χ2v) is 9.78. The van der Waals surface area contributed by atoms with Crippen molar-refractivity contribution >= 4 is 34.5 Å². The third kappa shape index (κ3) is 4.79. The van der Waals surface area contributed by atoms with Crippen LogP contribution < -0.4 is 5.56 Å². The molecule has 9 heteroatoms. The van der Waals surface area contributed by atoms with Gasteiger partial charge in [-0.3, -0.25) is 19.0 Å². The highest BCUT2D eigenvalue weighted by molar-refractivity contribution is 7.99. The fraction of sp³-hybridized carbons (Fsp3) is 0.259. The van der Waals surface area contributed by atoms with E-state index in [4.69, 9.17) is 9.40 Å². The van der Waals surface area contributed by atoms with Crippen molar-refractivity contribution in [2.45, 2.75) is 19.0 Å². The summed E-state index contributed by atoms with van der Waals surface area (Å²) in [4.78, 5) is 47.2. The Hall–Kier alpha value is -3.85. The molecule has 5 rings (SSSR count). The van der Waals surface area contributed by atoms with Crippen molar-refractivity contribution in [3.8, 4) is 5.69 Å². The molecule has 0 bridgehead atoms. The number of nitrogens with zero attached hydrogens (tertiary/aromatic N) is 4. The average Bonchev–Trinajstić information content (AvgIpc) is 3.41. The monoisotopic (exact) mass is 502 g/mol. The molecule has 2 aromatic carbocycles. The van der Waals surface area contributed by atoms with Gasteiger partial charge in [-0.25, -0.2) is 4.98 Å². The molecule has 0 radical (unpaired) electrons. The molecule has 8 nitrogen and oxygen atoms in total. The highest BCUT2D eigenvalue weighted by atomic mass is 32.2. The summed E-state index contributed by atoms with van der Waals surface area (Å²) in [5, 5.41) is 1.01. The first-order chi connectivity index (χ1) is 17.4. The van der Waals surface area contributed by atoms with Crippen molar-refractivity contribution in [3.05, 3.63) is 88.1 Å². The van der Waals surface area contributed by atoms with Gasteiger partial charge in [-0.1, -0.05) is 30.0 Å². The highest BCUT2D eigenvalue weighted by Crippen LogP contribution is 2.23. The van der Waals surface area contributed by atoms with Crippen LogP contribution in [-0.4, -0.2) is 63.1 Å². The molecule has 1 aliphatic heterocycles. The molecule has 1 fully saturated rings. The highest BCUT2D eigenvalue weighted by Gasteiger charge is 2.26. The molecule has 0 atom stereocenters. The Morgan fingerprint density at radius 1 is 0.944 bits per heavy atom. The molecule has 0 spiro atoms. The van der Waals surface area contributed by atoms with Gasteiger partial charge in [0.1, 0.15) is 0 Å². The zero-order valence-electron chi connectivity index (χ0n) is 20.1. The molecule has 0 aliphatic carbocycles. The van der Waals surface area contributed by atoms with Gasteiger partial charge in [0.2, 0.25) is 5.91 Å². The van der Waals surface area contributed by atoms with E-state index in [0.717, 1.165) is 16.8 Å². The Labute approximate surface area is 212 Å². The molecule has 4 aromatic rings. The Morgan fingerprint density at radius 3 is 2.33 bits per heavy atom. The van der Waals surface area contributed by atoms with Gasteiger partial charge in [0, 0.05) is 26.2 Å². The third-order valence-corrected chi connectivity index (χ3v) is 7.11. The van der Waals surface area contributed by atoms with Crippen molar-refractivity contribution in [1.29, 1.82) is 0 Å². The fourth-order valence-electron chi connectivity index (χ4n) is 4.45. The summed E-state index contributed by atoms with van der Waals surface area (Å²) in [5.41, 5.74) is 3.25. The van der Waals surface area contributed by atoms with Gasteiger partial charge in [-0.15, -0.1) is 0 Å². The predicted molar refractivity (Wildman–Crippen MR) is 139 cm³/mol. The van der Waals surface area contributed by atoms with Crippen molar-refractivity contribution in [1.82, 2.24) is 19.4 Å². The smallest absolute Gasteiger partial charge is 0.289 e. The van der Waals surface area contributed by atoms with Crippen molar-refractivity contribution < 1.29 is 14.0 Å². The standard InChI is InChI=1S/C27H26N4O4S/c1-18-14-19(2)16-20(15-18)31-25(33)21-6-3-4-7-22(21)28-27(31)36-17-24(32)29-9-11-30(12-10-29)26(34)23-8-5-13-35-23/h3-8,13-16H,9-12,17H2,1-2H3. The molecule has 0 N–H and O–H groups in total. The molecule has 36 heavy (non-hydrogen) atoms. The van der Waals surface area contributed by atoms with Gasteiger partial charge in [0.15, 0.2) is 10.9 Å². The first kappa shape index (κ1) is 23.9. The number of carbonyl (C=O) groups is 2. The summed E-state index contributed by atoms with van der Waals surface area (Å²) in [5.74, 6) is 0.220.